The fourth-order valence-electron chi connectivity index (χ4n) is 2.75. The molecule has 0 radical (unpaired) electrons. The van der Waals surface area contributed by atoms with Gasteiger partial charge >= 0.3 is 5.97 Å². The monoisotopic (exact) mass is 383 g/mol. The molecular formula is C22H25NO5. The zero-order valence-corrected chi connectivity index (χ0v) is 16.6. The van der Waals surface area contributed by atoms with E-state index in [4.69, 9.17) is 14.2 Å². The Morgan fingerprint density at radius 3 is 2.29 bits per heavy atom. The van der Waals surface area contributed by atoms with Gasteiger partial charge in [0.25, 0.3) is 5.91 Å². The summed E-state index contributed by atoms with van der Waals surface area (Å²) in [5.74, 6) is 0.261. The lowest BCUT2D eigenvalue weighted by Crippen LogP contribution is -2.30. The average Bonchev–Trinajstić information content (AvgIpc) is 2.67. The van der Waals surface area contributed by atoms with Crippen LogP contribution in [0.3, 0.4) is 0 Å². The van der Waals surface area contributed by atoms with Crippen LogP contribution in [0.2, 0.25) is 0 Å². The van der Waals surface area contributed by atoms with E-state index in [0.717, 1.165) is 5.56 Å². The molecule has 0 fully saturated rings. The van der Waals surface area contributed by atoms with Crippen molar-refractivity contribution in [2.45, 2.75) is 39.2 Å². The first-order valence-electron chi connectivity index (χ1n) is 9.26. The van der Waals surface area contributed by atoms with E-state index in [9.17, 15) is 9.59 Å². The van der Waals surface area contributed by atoms with Crippen molar-refractivity contribution in [1.29, 1.82) is 0 Å². The molecule has 0 aromatic heterocycles. The Morgan fingerprint density at radius 1 is 1.00 bits per heavy atom. The van der Waals surface area contributed by atoms with Crippen molar-refractivity contribution in [3.05, 3.63) is 53.6 Å². The smallest absolute Gasteiger partial charge is 0.338 e. The summed E-state index contributed by atoms with van der Waals surface area (Å²) in [4.78, 5) is 24.7. The molecule has 28 heavy (non-hydrogen) atoms. The van der Waals surface area contributed by atoms with Crippen molar-refractivity contribution in [3.63, 3.8) is 0 Å². The van der Waals surface area contributed by atoms with Gasteiger partial charge in [-0.3, -0.25) is 4.79 Å². The van der Waals surface area contributed by atoms with Crippen molar-refractivity contribution in [2.24, 2.45) is 0 Å². The first kappa shape index (κ1) is 19.7. The van der Waals surface area contributed by atoms with Gasteiger partial charge in [-0.2, -0.15) is 0 Å². The molecule has 0 saturated carbocycles. The van der Waals surface area contributed by atoms with Crippen LogP contribution in [-0.2, 0) is 14.9 Å². The normalized spacial score (nSPS) is 14.1. The van der Waals surface area contributed by atoms with Gasteiger partial charge in [0.15, 0.2) is 17.6 Å². The number of carbonyl (C=O) groups excluding carboxylic acids is 2. The molecule has 1 aliphatic rings. The van der Waals surface area contributed by atoms with Gasteiger partial charge in [0.1, 0.15) is 13.2 Å². The topological polar surface area (TPSA) is 73.9 Å². The maximum absolute atomic E-state index is 12.4. The van der Waals surface area contributed by atoms with Gasteiger partial charge in [0.2, 0.25) is 0 Å². The van der Waals surface area contributed by atoms with Crippen molar-refractivity contribution in [1.82, 2.24) is 0 Å². The van der Waals surface area contributed by atoms with Crippen LogP contribution in [0.1, 0.15) is 43.6 Å². The number of ether oxygens (including phenoxy) is 3. The maximum Gasteiger partial charge on any atom is 0.338 e. The van der Waals surface area contributed by atoms with Crippen LogP contribution in [0, 0.1) is 0 Å². The molecular weight excluding hydrogens is 358 g/mol. The van der Waals surface area contributed by atoms with Gasteiger partial charge in [-0.05, 0) is 42.2 Å². The van der Waals surface area contributed by atoms with Crippen molar-refractivity contribution in [2.75, 3.05) is 18.5 Å². The predicted octanol–water partition coefficient (Wildman–Crippen LogP) is 3.94. The highest BCUT2D eigenvalue weighted by Gasteiger charge is 2.21. The highest BCUT2D eigenvalue weighted by molar-refractivity contribution is 5.97. The Kier molecular flexibility index (Phi) is 5.58. The van der Waals surface area contributed by atoms with Gasteiger partial charge in [-0.1, -0.05) is 32.9 Å². The number of anilines is 1. The fourth-order valence-corrected chi connectivity index (χ4v) is 2.75. The molecule has 148 valence electrons. The molecule has 0 aliphatic carbocycles. The number of hydrogen-bond donors (Lipinski definition) is 1. The molecule has 3 rings (SSSR count). The van der Waals surface area contributed by atoms with Crippen LogP contribution in [0.5, 0.6) is 11.5 Å². The lowest BCUT2D eigenvalue weighted by atomic mass is 9.87. The second kappa shape index (κ2) is 7.92. The summed E-state index contributed by atoms with van der Waals surface area (Å²) in [7, 11) is 0. The van der Waals surface area contributed by atoms with Gasteiger partial charge < -0.3 is 19.5 Å². The molecule has 1 heterocycles. The van der Waals surface area contributed by atoms with Crippen molar-refractivity contribution >= 4 is 17.6 Å². The van der Waals surface area contributed by atoms with Gasteiger partial charge in [-0.25, -0.2) is 4.79 Å². The molecule has 1 N–H and O–H groups in total. The van der Waals surface area contributed by atoms with Crippen molar-refractivity contribution < 1.29 is 23.8 Å². The highest BCUT2D eigenvalue weighted by Crippen LogP contribution is 2.32. The van der Waals surface area contributed by atoms with Crippen LogP contribution in [0.25, 0.3) is 0 Å². The van der Waals surface area contributed by atoms with Gasteiger partial charge in [0.05, 0.1) is 5.56 Å². The number of carbonyl (C=O) groups is 2. The molecule has 0 unspecified atom stereocenters. The fraction of sp³-hybridized carbons (Fsp3) is 0.364. The Hall–Kier alpha value is -3.02. The third kappa shape index (κ3) is 4.63. The van der Waals surface area contributed by atoms with E-state index < -0.39 is 18.0 Å². The van der Waals surface area contributed by atoms with E-state index in [1.807, 2.05) is 12.1 Å². The summed E-state index contributed by atoms with van der Waals surface area (Å²) in [5, 5.41) is 2.73. The van der Waals surface area contributed by atoms with E-state index in [0.29, 0.717) is 36.0 Å². The van der Waals surface area contributed by atoms with E-state index in [-0.39, 0.29) is 5.41 Å². The Labute approximate surface area is 164 Å². The summed E-state index contributed by atoms with van der Waals surface area (Å²) in [6, 6.07) is 12.4. The molecule has 1 atom stereocenters. The number of nitrogens with one attached hydrogen (secondary N) is 1. The maximum atomic E-state index is 12.4. The third-order valence-corrected chi connectivity index (χ3v) is 4.45. The molecule has 0 saturated heterocycles. The minimum atomic E-state index is -0.942. The first-order chi connectivity index (χ1) is 13.2. The molecule has 6 heteroatoms. The van der Waals surface area contributed by atoms with E-state index in [2.05, 4.69) is 26.1 Å². The number of benzene rings is 2. The Bertz CT molecular complexity index is 867. The van der Waals surface area contributed by atoms with Crippen LogP contribution < -0.4 is 14.8 Å². The van der Waals surface area contributed by atoms with Crippen LogP contribution >= 0.6 is 0 Å². The molecule has 1 aliphatic heterocycles. The largest absolute Gasteiger partial charge is 0.486 e. The molecule has 2 aromatic carbocycles. The summed E-state index contributed by atoms with van der Waals surface area (Å²) >= 11 is 0. The zero-order valence-electron chi connectivity index (χ0n) is 16.6. The van der Waals surface area contributed by atoms with Crippen molar-refractivity contribution in [3.8, 4) is 11.5 Å². The second-order valence-corrected chi connectivity index (χ2v) is 7.72. The Morgan fingerprint density at radius 2 is 1.64 bits per heavy atom. The SMILES string of the molecule is C[C@H](OC(=O)c1ccc(C(C)(C)C)cc1)C(=O)Nc1ccc2c(c1)OCCO2. The number of rotatable bonds is 4. The minimum absolute atomic E-state index is 0.000751. The first-order valence-corrected chi connectivity index (χ1v) is 9.26. The van der Waals surface area contributed by atoms with Gasteiger partial charge in [-0.15, -0.1) is 0 Å². The standard InChI is InChI=1S/C22H25NO5/c1-14(28-21(25)15-5-7-16(8-6-15)22(2,3)4)20(24)23-17-9-10-18-19(13-17)27-12-11-26-18/h5-10,13-14H,11-12H2,1-4H3,(H,23,24)/t14-/m0/s1. The minimum Gasteiger partial charge on any atom is -0.486 e. The second-order valence-electron chi connectivity index (χ2n) is 7.72. The quantitative estimate of drug-likeness (QED) is 0.810. The number of hydrogen-bond acceptors (Lipinski definition) is 5. The zero-order chi connectivity index (χ0) is 20.3. The van der Waals surface area contributed by atoms with Crippen LogP contribution in [0.15, 0.2) is 42.5 Å². The average molecular weight is 383 g/mol. The summed E-state index contributed by atoms with van der Waals surface area (Å²) in [6.45, 7) is 8.81. The van der Waals surface area contributed by atoms with Crippen LogP contribution in [0.4, 0.5) is 5.69 Å². The molecule has 2 aromatic rings. The van der Waals surface area contributed by atoms with E-state index in [1.54, 1.807) is 30.3 Å². The molecule has 0 bridgehead atoms. The lowest BCUT2D eigenvalue weighted by Gasteiger charge is -2.20. The molecule has 6 nitrogen and oxygen atoms in total. The predicted molar refractivity (Wildman–Crippen MR) is 106 cm³/mol. The highest BCUT2D eigenvalue weighted by atomic mass is 16.6. The lowest BCUT2D eigenvalue weighted by molar-refractivity contribution is -0.123. The molecule has 0 spiro atoms. The number of fused-ring (bicyclic) bond motifs is 1. The third-order valence-electron chi connectivity index (χ3n) is 4.45. The van der Waals surface area contributed by atoms with E-state index in [1.165, 1.54) is 6.92 Å². The van der Waals surface area contributed by atoms with Crippen LogP contribution in [-0.4, -0.2) is 31.2 Å². The number of amides is 1. The number of esters is 1. The summed E-state index contributed by atoms with van der Waals surface area (Å²) in [5.41, 5.74) is 2.08. The Balaban J connectivity index is 1.60. The summed E-state index contributed by atoms with van der Waals surface area (Å²) in [6.07, 6.45) is -0.942. The van der Waals surface area contributed by atoms with E-state index >= 15 is 0 Å². The molecule has 1 amide bonds. The van der Waals surface area contributed by atoms with Gasteiger partial charge in [0, 0.05) is 11.8 Å². The summed E-state index contributed by atoms with van der Waals surface area (Å²) < 4.78 is 16.3.